The van der Waals surface area contributed by atoms with E-state index in [0.717, 1.165) is 44.9 Å². The summed E-state index contributed by atoms with van der Waals surface area (Å²) in [5, 5.41) is 43.5. The molecule has 0 aliphatic carbocycles. The fourth-order valence-corrected chi connectivity index (χ4v) is 7.61. The largest absolute Gasteiger partial charge is 0.394 e. The standard InChI is InChI=1S/C51H97NO5/c1-3-5-7-9-11-13-14-15-16-17-18-19-20-21-22-23-24-25-26-27-28-29-30-31-32-33-34-35-37-39-41-43-45-49(55)51(57)52-47(46-53)50(56)48(54)44-42-40-38-36-12-10-8-6-4-2/h18-19,21-22,36,38,47-50,53-56H,3-17,20,23-35,37,39-46H2,1-2H3,(H,52,57)/b19-18-,22-21-,38-36+. The van der Waals surface area contributed by atoms with E-state index in [9.17, 15) is 25.2 Å². The number of hydrogen-bond donors (Lipinski definition) is 5. The highest BCUT2D eigenvalue weighted by Crippen LogP contribution is 2.16. The molecule has 0 aliphatic rings. The summed E-state index contributed by atoms with van der Waals surface area (Å²) in [5.74, 6) is -0.595. The maximum Gasteiger partial charge on any atom is 0.249 e. The number of hydrogen-bond acceptors (Lipinski definition) is 5. The Kier molecular flexibility index (Phi) is 44.4. The molecule has 6 heteroatoms. The van der Waals surface area contributed by atoms with E-state index in [1.165, 1.54) is 180 Å². The molecule has 0 spiro atoms. The lowest BCUT2D eigenvalue weighted by Gasteiger charge is -2.27. The molecule has 0 aromatic carbocycles. The van der Waals surface area contributed by atoms with Gasteiger partial charge >= 0.3 is 0 Å². The number of carbonyl (C=O) groups excluding carboxylic acids is 1. The van der Waals surface area contributed by atoms with Crippen LogP contribution in [-0.4, -0.2) is 57.3 Å². The van der Waals surface area contributed by atoms with Crippen molar-refractivity contribution >= 4 is 5.91 Å². The van der Waals surface area contributed by atoms with Crippen LogP contribution in [0.25, 0.3) is 0 Å². The van der Waals surface area contributed by atoms with Crippen LogP contribution in [0.3, 0.4) is 0 Å². The Morgan fingerprint density at radius 3 is 1.18 bits per heavy atom. The van der Waals surface area contributed by atoms with Gasteiger partial charge in [0.25, 0.3) is 0 Å². The van der Waals surface area contributed by atoms with Crippen molar-refractivity contribution in [2.24, 2.45) is 0 Å². The molecule has 0 aromatic rings. The smallest absolute Gasteiger partial charge is 0.249 e. The summed E-state index contributed by atoms with van der Waals surface area (Å²) in [4.78, 5) is 12.5. The molecule has 57 heavy (non-hydrogen) atoms. The average molecular weight is 804 g/mol. The number of aliphatic hydroxyl groups is 4. The van der Waals surface area contributed by atoms with E-state index in [0.29, 0.717) is 12.8 Å². The Hall–Kier alpha value is -1.47. The van der Waals surface area contributed by atoms with Crippen molar-refractivity contribution in [1.29, 1.82) is 0 Å². The molecular weight excluding hydrogens is 707 g/mol. The number of rotatable bonds is 45. The van der Waals surface area contributed by atoms with E-state index in [-0.39, 0.29) is 0 Å². The molecule has 0 bridgehead atoms. The number of aliphatic hydroxyl groups excluding tert-OH is 4. The van der Waals surface area contributed by atoms with Gasteiger partial charge in [-0.1, -0.05) is 217 Å². The first kappa shape index (κ1) is 55.5. The molecule has 4 atom stereocenters. The molecule has 0 aliphatic heterocycles. The van der Waals surface area contributed by atoms with Gasteiger partial charge in [-0.25, -0.2) is 0 Å². The Bertz CT molecular complexity index is 904. The number of nitrogens with one attached hydrogen (secondary N) is 1. The zero-order chi connectivity index (χ0) is 41.7. The van der Waals surface area contributed by atoms with Gasteiger partial charge in [0, 0.05) is 0 Å². The van der Waals surface area contributed by atoms with Crippen LogP contribution in [0, 0.1) is 0 Å². The third-order valence-electron chi connectivity index (χ3n) is 11.6. The molecule has 6 nitrogen and oxygen atoms in total. The quantitative estimate of drug-likeness (QED) is 0.0311. The highest BCUT2D eigenvalue weighted by Gasteiger charge is 2.28. The zero-order valence-corrected chi connectivity index (χ0v) is 37.8. The highest BCUT2D eigenvalue weighted by atomic mass is 16.3. The van der Waals surface area contributed by atoms with Crippen LogP contribution < -0.4 is 5.32 Å². The minimum atomic E-state index is -1.28. The van der Waals surface area contributed by atoms with Crippen molar-refractivity contribution < 1.29 is 25.2 Å². The molecule has 336 valence electrons. The molecule has 0 aromatic heterocycles. The molecule has 0 rings (SSSR count). The predicted molar refractivity (Wildman–Crippen MR) is 247 cm³/mol. The molecular formula is C51H97NO5. The summed E-state index contributed by atoms with van der Waals surface area (Å²) in [7, 11) is 0. The molecule has 0 radical (unpaired) electrons. The maximum absolute atomic E-state index is 12.5. The number of allylic oxidation sites excluding steroid dienone is 6. The van der Waals surface area contributed by atoms with Crippen molar-refractivity contribution in [3.63, 3.8) is 0 Å². The number of carbonyl (C=O) groups is 1. The minimum Gasteiger partial charge on any atom is -0.394 e. The van der Waals surface area contributed by atoms with Gasteiger partial charge in [0.05, 0.1) is 18.8 Å². The summed E-state index contributed by atoms with van der Waals surface area (Å²) in [5.41, 5.74) is 0. The SMILES string of the molecule is CCCCCC/C=C/CCCC(O)C(O)C(CO)NC(=O)C(O)CCCCCCCCCCCCCCCCCC/C=C\C/C=C\CCCCCCCCCCC. The van der Waals surface area contributed by atoms with Crippen LogP contribution in [0.15, 0.2) is 36.5 Å². The van der Waals surface area contributed by atoms with Gasteiger partial charge in [0.15, 0.2) is 0 Å². The van der Waals surface area contributed by atoms with Crippen molar-refractivity contribution in [1.82, 2.24) is 5.32 Å². The third kappa shape index (κ3) is 39.7. The zero-order valence-electron chi connectivity index (χ0n) is 37.8. The monoisotopic (exact) mass is 804 g/mol. The second kappa shape index (κ2) is 45.6. The van der Waals surface area contributed by atoms with Crippen molar-refractivity contribution in [3.05, 3.63) is 36.5 Å². The first-order valence-corrected chi connectivity index (χ1v) is 24.9. The van der Waals surface area contributed by atoms with E-state index < -0.39 is 36.9 Å². The lowest BCUT2D eigenvalue weighted by atomic mass is 10.00. The molecule has 4 unspecified atom stereocenters. The Balaban J connectivity index is 3.56. The second-order valence-corrected chi connectivity index (χ2v) is 17.2. The van der Waals surface area contributed by atoms with Gasteiger partial charge in [-0.3, -0.25) is 4.79 Å². The van der Waals surface area contributed by atoms with E-state index in [2.05, 4.69) is 55.6 Å². The van der Waals surface area contributed by atoms with E-state index >= 15 is 0 Å². The second-order valence-electron chi connectivity index (χ2n) is 17.2. The Labute approximate surface area is 354 Å². The molecule has 0 heterocycles. The lowest BCUT2D eigenvalue weighted by molar-refractivity contribution is -0.132. The summed E-state index contributed by atoms with van der Waals surface area (Å²) in [6.07, 6.45) is 55.1. The van der Waals surface area contributed by atoms with Crippen LogP contribution in [0.5, 0.6) is 0 Å². The van der Waals surface area contributed by atoms with Gasteiger partial charge in [-0.15, -0.1) is 0 Å². The highest BCUT2D eigenvalue weighted by molar-refractivity contribution is 5.80. The van der Waals surface area contributed by atoms with Gasteiger partial charge in [0.2, 0.25) is 5.91 Å². The van der Waals surface area contributed by atoms with Crippen LogP contribution in [0.4, 0.5) is 0 Å². The Morgan fingerprint density at radius 2 is 0.772 bits per heavy atom. The molecule has 1 amide bonds. The van der Waals surface area contributed by atoms with Gasteiger partial charge < -0.3 is 25.7 Å². The topological polar surface area (TPSA) is 110 Å². The predicted octanol–water partition coefficient (Wildman–Crippen LogP) is 13.7. The molecule has 0 saturated heterocycles. The maximum atomic E-state index is 12.5. The minimum absolute atomic E-state index is 0.363. The van der Waals surface area contributed by atoms with E-state index in [1.807, 2.05) is 0 Å². The third-order valence-corrected chi connectivity index (χ3v) is 11.6. The number of amides is 1. The van der Waals surface area contributed by atoms with E-state index in [4.69, 9.17) is 0 Å². The summed E-state index contributed by atoms with van der Waals surface area (Å²) in [6.45, 7) is 4.00. The van der Waals surface area contributed by atoms with Gasteiger partial charge in [-0.05, 0) is 70.6 Å². The fraction of sp³-hybridized carbons (Fsp3) is 0.863. The van der Waals surface area contributed by atoms with Gasteiger partial charge in [-0.2, -0.15) is 0 Å². The van der Waals surface area contributed by atoms with E-state index in [1.54, 1.807) is 0 Å². The van der Waals surface area contributed by atoms with Crippen molar-refractivity contribution in [2.45, 2.75) is 276 Å². The van der Waals surface area contributed by atoms with Crippen molar-refractivity contribution in [3.8, 4) is 0 Å². The van der Waals surface area contributed by atoms with Gasteiger partial charge in [0.1, 0.15) is 12.2 Å². The Morgan fingerprint density at radius 1 is 0.439 bits per heavy atom. The fourth-order valence-electron chi connectivity index (χ4n) is 7.61. The summed E-state index contributed by atoms with van der Waals surface area (Å²) in [6, 6.07) is -0.999. The first-order valence-electron chi connectivity index (χ1n) is 24.9. The molecule has 5 N–H and O–H groups in total. The summed E-state index contributed by atoms with van der Waals surface area (Å²) < 4.78 is 0. The molecule has 0 saturated carbocycles. The summed E-state index contributed by atoms with van der Waals surface area (Å²) >= 11 is 0. The lowest BCUT2D eigenvalue weighted by Crippen LogP contribution is -2.53. The van der Waals surface area contributed by atoms with Crippen LogP contribution in [-0.2, 0) is 4.79 Å². The first-order chi connectivity index (χ1) is 28.0. The van der Waals surface area contributed by atoms with Crippen LogP contribution >= 0.6 is 0 Å². The average Bonchev–Trinajstić information content (AvgIpc) is 3.22. The van der Waals surface area contributed by atoms with Crippen molar-refractivity contribution in [2.75, 3.05) is 6.61 Å². The van der Waals surface area contributed by atoms with Crippen LogP contribution in [0.2, 0.25) is 0 Å². The van der Waals surface area contributed by atoms with Crippen LogP contribution in [0.1, 0.15) is 251 Å². The normalized spacial score (nSPS) is 14.3. The number of unbranched alkanes of at least 4 members (excludes halogenated alkanes) is 30. The molecule has 0 fully saturated rings.